The quantitative estimate of drug-likeness (QED) is 0.308. The molecule has 0 bridgehead atoms. The van der Waals surface area contributed by atoms with E-state index in [9.17, 15) is 22.8 Å². The standard InChI is InChI=1S/C29H20F3NO3/c1-2-36-28(35)26-23(18-12-14-19(15-13-18)29(30,31)32)22(16-33-26)25-20-10-6-7-11-21(20)27(34)24(25)17-8-4-3-5-9-17/h3-16,33H,2H2,1H3. The third-order valence-electron chi connectivity index (χ3n) is 6.11. The Bertz CT molecular complexity index is 1500. The van der Waals surface area contributed by atoms with Gasteiger partial charge in [0.15, 0.2) is 5.78 Å². The second-order valence-electron chi connectivity index (χ2n) is 8.24. The minimum absolute atomic E-state index is 0.100. The summed E-state index contributed by atoms with van der Waals surface area (Å²) in [6, 6.07) is 20.9. The lowest BCUT2D eigenvalue weighted by molar-refractivity contribution is -0.137. The highest BCUT2D eigenvalue weighted by Gasteiger charge is 2.35. The Balaban J connectivity index is 1.80. The Morgan fingerprint density at radius 3 is 2.08 bits per heavy atom. The van der Waals surface area contributed by atoms with Crippen LogP contribution in [0.15, 0.2) is 85.1 Å². The van der Waals surface area contributed by atoms with Gasteiger partial charge in [-0.05, 0) is 35.7 Å². The molecule has 0 radical (unpaired) electrons. The number of alkyl halides is 3. The number of hydrogen-bond acceptors (Lipinski definition) is 3. The number of carbonyl (C=O) groups excluding carboxylic acids is 2. The summed E-state index contributed by atoms with van der Waals surface area (Å²) in [5, 5.41) is 0. The third-order valence-corrected chi connectivity index (χ3v) is 6.11. The number of aromatic nitrogens is 1. The second kappa shape index (κ2) is 9.00. The summed E-state index contributed by atoms with van der Waals surface area (Å²) in [7, 11) is 0. The molecule has 0 saturated heterocycles. The summed E-state index contributed by atoms with van der Waals surface area (Å²) in [4.78, 5) is 29.3. The lowest BCUT2D eigenvalue weighted by Crippen LogP contribution is -2.07. The molecule has 4 aromatic rings. The van der Waals surface area contributed by atoms with Crippen LogP contribution >= 0.6 is 0 Å². The summed E-state index contributed by atoms with van der Waals surface area (Å²) in [6.07, 6.45) is -2.89. The van der Waals surface area contributed by atoms with Gasteiger partial charge in [0.2, 0.25) is 0 Å². The zero-order valence-corrected chi connectivity index (χ0v) is 19.1. The molecule has 0 aliphatic heterocycles. The van der Waals surface area contributed by atoms with Crippen molar-refractivity contribution in [2.45, 2.75) is 13.1 Å². The van der Waals surface area contributed by atoms with Crippen LogP contribution in [0.4, 0.5) is 13.2 Å². The molecule has 0 fully saturated rings. The third kappa shape index (κ3) is 3.92. The highest BCUT2D eigenvalue weighted by Crippen LogP contribution is 2.46. The van der Waals surface area contributed by atoms with Crippen LogP contribution in [0.5, 0.6) is 0 Å². The molecule has 1 aromatic heterocycles. The Hall–Kier alpha value is -4.39. The van der Waals surface area contributed by atoms with E-state index >= 15 is 0 Å². The van der Waals surface area contributed by atoms with E-state index in [-0.39, 0.29) is 18.1 Å². The van der Waals surface area contributed by atoms with Crippen molar-refractivity contribution in [1.29, 1.82) is 0 Å². The predicted molar refractivity (Wildman–Crippen MR) is 130 cm³/mol. The van der Waals surface area contributed by atoms with Crippen molar-refractivity contribution in [2.24, 2.45) is 0 Å². The van der Waals surface area contributed by atoms with E-state index in [2.05, 4.69) is 4.98 Å². The maximum absolute atomic E-state index is 13.5. The molecular formula is C29H20F3NO3. The molecule has 0 atom stereocenters. The smallest absolute Gasteiger partial charge is 0.416 e. The van der Waals surface area contributed by atoms with Crippen LogP contribution in [0.3, 0.4) is 0 Å². The molecule has 0 spiro atoms. The Labute approximate surface area is 205 Å². The number of aromatic amines is 1. The number of ether oxygens (including phenoxy) is 1. The van der Waals surface area contributed by atoms with Gasteiger partial charge >= 0.3 is 12.1 Å². The van der Waals surface area contributed by atoms with Crippen molar-refractivity contribution in [3.8, 4) is 11.1 Å². The van der Waals surface area contributed by atoms with Crippen LogP contribution in [-0.2, 0) is 10.9 Å². The Kier molecular flexibility index (Phi) is 5.84. The molecule has 4 nitrogen and oxygen atoms in total. The number of allylic oxidation sites excluding steroid dienone is 1. The summed E-state index contributed by atoms with van der Waals surface area (Å²) in [5.41, 5.74) is 3.54. The van der Waals surface area contributed by atoms with E-state index in [1.54, 1.807) is 25.3 Å². The summed E-state index contributed by atoms with van der Waals surface area (Å²) in [6.45, 7) is 1.79. The maximum Gasteiger partial charge on any atom is 0.416 e. The van der Waals surface area contributed by atoms with Gasteiger partial charge in [-0.15, -0.1) is 0 Å². The van der Waals surface area contributed by atoms with Gasteiger partial charge in [-0.25, -0.2) is 4.79 Å². The first kappa shape index (κ1) is 23.4. The van der Waals surface area contributed by atoms with E-state index in [0.717, 1.165) is 12.1 Å². The lowest BCUT2D eigenvalue weighted by atomic mass is 9.90. The maximum atomic E-state index is 13.5. The number of carbonyl (C=O) groups is 2. The molecule has 1 N–H and O–H groups in total. The first-order valence-corrected chi connectivity index (χ1v) is 11.3. The zero-order valence-electron chi connectivity index (χ0n) is 19.1. The van der Waals surface area contributed by atoms with Gasteiger partial charge in [-0.3, -0.25) is 4.79 Å². The minimum atomic E-state index is -4.50. The molecule has 5 rings (SSSR count). The van der Waals surface area contributed by atoms with E-state index in [4.69, 9.17) is 4.74 Å². The van der Waals surface area contributed by atoms with Crippen molar-refractivity contribution in [3.63, 3.8) is 0 Å². The number of hydrogen-bond donors (Lipinski definition) is 1. The number of rotatable bonds is 5. The average molecular weight is 487 g/mol. The van der Waals surface area contributed by atoms with Crippen molar-refractivity contribution in [3.05, 3.63) is 119 Å². The molecule has 0 saturated carbocycles. The zero-order chi connectivity index (χ0) is 25.4. The largest absolute Gasteiger partial charge is 0.461 e. The number of esters is 1. The topological polar surface area (TPSA) is 59.2 Å². The highest BCUT2D eigenvalue weighted by molar-refractivity contribution is 6.42. The van der Waals surface area contributed by atoms with Gasteiger partial charge < -0.3 is 9.72 Å². The molecule has 7 heteroatoms. The SMILES string of the molecule is CCOC(=O)c1[nH]cc(C2=C(c3ccccc3)C(=O)c3ccccc32)c1-c1ccc(C(F)(F)F)cc1. The first-order chi connectivity index (χ1) is 17.3. The van der Waals surface area contributed by atoms with Crippen LogP contribution in [-0.4, -0.2) is 23.3 Å². The number of halogens is 3. The van der Waals surface area contributed by atoms with E-state index < -0.39 is 17.7 Å². The number of H-pyrrole nitrogens is 1. The summed E-state index contributed by atoms with van der Waals surface area (Å²) >= 11 is 0. The Morgan fingerprint density at radius 2 is 1.44 bits per heavy atom. The molecule has 180 valence electrons. The normalized spacial score (nSPS) is 13.2. The number of Topliss-reactive ketones (excluding diaryl/α,β-unsaturated/α-hetero) is 1. The fraction of sp³-hybridized carbons (Fsp3) is 0.103. The average Bonchev–Trinajstić information content (AvgIpc) is 3.43. The monoisotopic (exact) mass is 487 g/mol. The number of fused-ring (bicyclic) bond motifs is 1. The van der Waals surface area contributed by atoms with E-state index in [1.165, 1.54) is 12.1 Å². The Morgan fingerprint density at radius 1 is 0.806 bits per heavy atom. The van der Waals surface area contributed by atoms with Crippen molar-refractivity contribution >= 4 is 22.9 Å². The van der Waals surface area contributed by atoms with Gasteiger partial charge in [0, 0.05) is 34.0 Å². The molecule has 0 unspecified atom stereocenters. The van der Waals surface area contributed by atoms with Gasteiger partial charge in [-0.1, -0.05) is 66.7 Å². The van der Waals surface area contributed by atoms with Gasteiger partial charge in [0.25, 0.3) is 0 Å². The fourth-order valence-electron chi connectivity index (χ4n) is 4.55. The second-order valence-corrected chi connectivity index (χ2v) is 8.24. The molecule has 1 aliphatic carbocycles. The summed E-state index contributed by atoms with van der Waals surface area (Å²) in [5.74, 6) is -0.804. The van der Waals surface area contributed by atoms with Crippen molar-refractivity contribution < 1.29 is 27.5 Å². The van der Waals surface area contributed by atoms with Crippen LogP contribution in [0.25, 0.3) is 22.3 Å². The van der Waals surface area contributed by atoms with E-state index in [1.807, 2.05) is 42.5 Å². The molecule has 1 aliphatic rings. The fourth-order valence-corrected chi connectivity index (χ4v) is 4.55. The van der Waals surface area contributed by atoms with Gasteiger partial charge in [-0.2, -0.15) is 13.2 Å². The molecule has 0 amide bonds. The van der Waals surface area contributed by atoms with Gasteiger partial charge in [0.1, 0.15) is 5.69 Å². The van der Waals surface area contributed by atoms with Crippen molar-refractivity contribution in [1.82, 2.24) is 4.98 Å². The number of nitrogens with one attached hydrogen (secondary N) is 1. The summed E-state index contributed by atoms with van der Waals surface area (Å²) < 4.78 is 44.9. The molecule has 1 heterocycles. The lowest BCUT2D eigenvalue weighted by Gasteiger charge is -2.13. The molecule has 3 aromatic carbocycles. The van der Waals surface area contributed by atoms with Gasteiger partial charge in [0.05, 0.1) is 12.2 Å². The van der Waals surface area contributed by atoms with Crippen LogP contribution < -0.4 is 0 Å². The van der Waals surface area contributed by atoms with Crippen molar-refractivity contribution in [2.75, 3.05) is 6.61 Å². The predicted octanol–water partition coefficient (Wildman–Crippen LogP) is 7.03. The van der Waals surface area contributed by atoms with Crippen LogP contribution in [0.2, 0.25) is 0 Å². The first-order valence-electron chi connectivity index (χ1n) is 11.3. The van der Waals surface area contributed by atoms with E-state index in [0.29, 0.717) is 44.5 Å². The van der Waals surface area contributed by atoms with Crippen LogP contribution in [0.1, 0.15) is 50.0 Å². The number of benzene rings is 3. The number of ketones is 1. The molecular weight excluding hydrogens is 467 g/mol. The molecule has 36 heavy (non-hydrogen) atoms. The van der Waals surface area contributed by atoms with Crippen LogP contribution in [0, 0.1) is 0 Å². The minimum Gasteiger partial charge on any atom is -0.461 e. The highest BCUT2D eigenvalue weighted by atomic mass is 19.4.